The highest BCUT2D eigenvalue weighted by molar-refractivity contribution is 8.01. The average Bonchev–Trinajstić information content (AvgIpc) is 3.10. The molecule has 0 N–H and O–H groups in total. The number of rotatable bonds is 2. The lowest BCUT2D eigenvalue weighted by atomic mass is 9.35. The summed E-state index contributed by atoms with van der Waals surface area (Å²) in [6, 6.07) is 42.1. The molecule has 4 aliphatic rings. The minimum absolute atomic E-state index is 0.106. The fraction of sp³-hybridized carbons (Fsp3) is 0.0250. The number of fused-ring (bicyclic) bond motifs is 3. The summed E-state index contributed by atoms with van der Waals surface area (Å²) in [6.45, 7) is 0.106. The van der Waals surface area contributed by atoms with Gasteiger partial charge in [0.15, 0.2) is 0 Å². The lowest BCUT2D eigenvalue weighted by molar-refractivity contribution is 0.487. The van der Waals surface area contributed by atoms with Gasteiger partial charge in [0.1, 0.15) is 11.5 Å². The normalized spacial score (nSPS) is 14.3. The third-order valence-electron chi connectivity index (χ3n) is 9.84. The van der Waals surface area contributed by atoms with E-state index in [0.717, 1.165) is 29.2 Å². The molecule has 0 saturated heterocycles. The van der Waals surface area contributed by atoms with Gasteiger partial charge in [-0.1, -0.05) is 96.3 Å². The molecule has 0 fully saturated rings. The van der Waals surface area contributed by atoms with Gasteiger partial charge in [0.25, 0.3) is 6.71 Å². The summed E-state index contributed by atoms with van der Waals surface area (Å²) in [7, 11) is 0. The van der Waals surface area contributed by atoms with Gasteiger partial charge >= 0.3 is 0 Å². The van der Waals surface area contributed by atoms with E-state index in [-0.39, 0.29) is 6.71 Å². The topological polar surface area (TPSA) is 25.4 Å². The van der Waals surface area contributed by atoms with Crippen LogP contribution in [0.15, 0.2) is 147 Å². The molecule has 1 aromatic heterocycles. The standard InChI is InChI=1S/C40H23BN2OS2/c1-2-8-24-17-25(14-13-23(24)7-1)29-15-16-33-39-40(29)44-32-19-28(20-34-37(32)41(39)38-35(45-33)21-42-22-36(38)46-34)43-30-11-5-3-9-26(30)18-27-10-4-6-12-31(27)43/h1-17,19-22H,18H2. The van der Waals surface area contributed by atoms with E-state index in [4.69, 9.17) is 9.72 Å². The van der Waals surface area contributed by atoms with Gasteiger partial charge in [0.2, 0.25) is 0 Å². The molecule has 3 nitrogen and oxygen atoms in total. The van der Waals surface area contributed by atoms with Crippen LogP contribution in [0.5, 0.6) is 11.5 Å². The Labute approximate surface area is 275 Å². The summed E-state index contributed by atoms with van der Waals surface area (Å²) in [4.78, 5) is 12.1. The molecule has 6 aromatic carbocycles. The highest BCUT2D eigenvalue weighted by Gasteiger charge is 2.46. The van der Waals surface area contributed by atoms with Gasteiger partial charge in [-0.15, -0.1) is 0 Å². The first-order valence-corrected chi connectivity index (χ1v) is 17.2. The first kappa shape index (κ1) is 25.3. The summed E-state index contributed by atoms with van der Waals surface area (Å²) >= 11 is 3.65. The SMILES string of the molecule is c1ccc2c(c1)Cc1ccccc1N2c1cc2c3c(c1)Sc1cncc4c1B3c1c(ccc(-c3ccc5ccccc5c3)c1O2)S4. The quantitative estimate of drug-likeness (QED) is 0.180. The Kier molecular flexibility index (Phi) is 5.13. The number of hydrogen-bond acceptors (Lipinski definition) is 5. The summed E-state index contributed by atoms with van der Waals surface area (Å²) in [5.41, 5.74) is 12.5. The van der Waals surface area contributed by atoms with Crippen LogP contribution in [-0.2, 0) is 6.42 Å². The number of benzene rings is 6. The molecule has 0 atom stereocenters. The third kappa shape index (κ3) is 3.46. The van der Waals surface area contributed by atoms with E-state index in [1.54, 1.807) is 0 Å². The van der Waals surface area contributed by atoms with Gasteiger partial charge in [0.05, 0.1) is 5.69 Å². The molecule has 46 heavy (non-hydrogen) atoms. The fourth-order valence-corrected chi connectivity index (χ4v) is 10.2. The Morgan fingerprint density at radius 1 is 0.609 bits per heavy atom. The summed E-state index contributed by atoms with van der Waals surface area (Å²) in [5, 5.41) is 2.47. The molecule has 0 spiro atoms. The lowest BCUT2D eigenvalue weighted by Gasteiger charge is -2.39. The minimum atomic E-state index is 0.106. The highest BCUT2D eigenvalue weighted by atomic mass is 32.2. The Morgan fingerprint density at radius 3 is 2.13 bits per heavy atom. The maximum Gasteiger partial charge on any atom is 0.257 e. The van der Waals surface area contributed by atoms with Crippen LogP contribution in [0.3, 0.4) is 0 Å². The second kappa shape index (κ2) is 9.32. The molecular weight excluding hydrogens is 599 g/mol. The highest BCUT2D eigenvalue weighted by Crippen LogP contribution is 2.50. The van der Waals surface area contributed by atoms with Crippen molar-refractivity contribution in [2.24, 2.45) is 0 Å². The Balaban J connectivity index is 1.17. The van der Waals surface area contributed by atoms with Crippen molar-refractivity contribution in [2.75, 3.05) is 4.90 Å². The second-order valence-corrected chi connectivity index (χ2v) is 14.5. The smallest absolute Gasteiger partial charge is 0.257 e. The van der Waals surface area contributed by atoms with Gasteiger partial charge in [0, 0.05) is 61.4 Å². The maximum absolute atomic E-state index is 7.19. The molecule has 0 saturated carbocycles. The minimum Gasteiger partial charge on any atom is -0.458 e. The summed E-state index contributed by atoms with van der Waals surface area (Å²) < 4.78 is 7.19. The first-order valence-electron chi connectivity index (χ1n) is 15.6. The molecule has 6 heteroatoms. The second-order valence-electron chi connectivity index (χ2n) is 12.3. The number of hydrogen-bond donors (Lipinski definition) is 0. The van der Waals surface area contributed by atoms with Crippen LogP contribution in [0.1, 0.15) is 11.1 Å². The number of para-hydroxylation sites is 2. The fourth-order valence-electron chi connectivity index (χ4n) is 7.84. The molecule has 5 heterocycles. The third-order valence-corrected chi connectivity index (χ3v) is 12.1. The monoisotopic (exact) mass is 622 g/mol. The van der Waals surface area contributed by atoms with Crippen molar-refractivity contribution >= 4 is 74.5 Å². The van der Waals surface area contributed by atoms with Crippen LogP contribution in [0, 0.1) is 0 Å². The van der Waals surface area contributed by atoms with Crippen molar-refractivity contribution in [2.45, 2.75) is 26.0 Å². The van der Waals surface area contributed by atoms with Crippen LogP contribution in [0.2, 0.25) is 0 Å². The Bertz CT molecular complexity index is 2430. The molecule has 0 amide bonds. The molecule has 0 unspecified atom stereocenters. The predicted octanol–water partition coefficient (Wildman–Crippen LogP) is 8.83. The van der Waals surface area contributed by atoms with Crippen molar-refractivity contribution in [3.05, 3.63) is 139 Å². The van der Waals surface area contributed by atoms with Gasteiger partial charge in [-0.2, -0.15) is 0 Å². The Hall–Kier alpha value is -4.91. The zero-order chi connectivity index (χ0) is 29.9. The van der Waals surface area contributed by atoms with Crippen molar-refractivity contribution in [1.29, 1.82) is 0 Å². The molecular formula is C40H23BN2OS2. The average molecular weight is 623 g/mol. The van der Waals surface area contributed by atoms with E-state index in [2.05, 4.69) is 126 Å². The number of anilines is 3. The summed E-state index contributed by atoms with van der Waals surface area (Å²) in [5.74, 6) is 1.91. The molecule has 0 aliphatic carbocycles. The van der Waals surface area contributed by atoms with Crippen LogP contribution in [0.4, 0.5) is 17.1 Å². The molecule has 7 aromatic rings. The predicted molar refractivity (Wildman–Crippen MR) is 191 cm³/mol. The van der Waals surface area contributed by atoms with Crippen molar-refractivity contribution in [1.82, 2.24) is 4.98 Å². The Morgan fingerprint density at radius 2 is 1.33 bits per heavy atom. The molecule has 214 valence electrons. The van der Waals surface area contributed by atoms with Gasteiger partial charge in [-0.25, -0.2) is 0 Å². The molecule has 11 rings (SSSR count). The number of pyridine rings is 1. The maximum atomic E-state index is 7.19. The van der Waals surface area contributed by atoms with E-state index >= 15 is 0 Å². The van der Waals surface area contributed by atoms with Crippen LogP contribution in [0.25, 0.3) is 21.9 Å². The van der Waals surface area contributed by atoms with Crippen molar-refractivity contribution in [3.63, 3.8) is 0 Å². The molecule has 4 aliphatic heterocycles. The van der Waals surface area contributed by atoms with Crippen LogP contribution >= 0.6 is 23.5 Å². The number of nitrogens with zero attached hydrogens (tertiary/aromatic N) is 2. The van der Waals surface area contributed by atoms with E-state index in [9.17, 15) is 0 Å². The molecule has 0 radical (unpaired) electrons. The van der Waals surface area contributed by atoms with Crippen molar-refractivity contribution in [3.8, 4) is 22.6 Å². The van der Waals surface area contributed by atoms with E-state index in [1.807, 2.05) is 29.7 Å². The zero-order valence-corrected chi connectivity index (χ0v) is 26.2. The lowest BCUT2D eigenvalue weighted by Crippen LogP contribution is -2.60. The van der Waals surface area contributed by atoms with Gasteiger partial charge < -0.3 is 9.64 Å². The first-order chi connectivity index (χ1) is 22.8. The van der Waals surface area contributed by atoms with Crippen molar-refractivity contribution < 1.29 is 4.74 Å². The van der Waals surface area contributed by atoms with E-state index < -0.39 is 0 Å². The molecule has 0 bridgehead atoms. The number of aromatic nitrogens is 1. The largest absolute Gasteiger partial charge is 0.458 e. The number of ether oxygens (including phenoxy) is 1. The van der Waals surface area contributed by atoms with E-state index in [0.29, 0.717) is 0 Å². The van der Waals surface area contributed by atoms with Gasteiger partial charge in [-0.05, 0) is 80.2 Å². The van der Waals surface area contributed by atoms with E-state index in [1.165, 1.54) is 74.8 Å². The summed E-state index contributed by atoms with van der Waals surface area (Å²) in [6.07, 6.45) is 5.02. The van der Waals surface area contributed by atoms with Gasteiger partial charge in [-0.3, -0.25) is 4.98 Å². The van der Waals surface area contributed by atoms with Crippen LogP contribution < -0.4 is 26.0 Å². The van der Waals surface area contributed by atoms with Crippen LogP contribution in [-0.4, -0.2) is 11.7 Å². The zero-order valence-electron chi connectivity index (χ0n) is 24.5.